The Morgan fingerprint density at radius 2 is 1.74 bits per heavy atom. The lowest BCUT2D eigenvalue weighted by atomic mass is 10.0. The van der Waals surface area contributed by atoms with Gasteiger partial charge in [0.15, 0.2) is 0 Å². The van der Waals surface area contributed by atoms with E-state index in [2.05, 4.69) is 5.32 Å². The number of likely N-dealkylation sites (N-methyl/N-ethyl adjacent to an activating group) is 2. The fourth-order valence-corrected chi connectivity index (χ4v) is 5.12. The van der Waals surface area contributed by atoms with Crippen LogP contribution in [0.3, 0.4) is 0 Å². The largest absolute Gasteiger partial charge is 0.508 e. The Morgan fingerprint density at radius 3 is 2.44 bits per heavy atom. The Balaban J connectivity index is 1.49. The summed E-state index contributed by atoms with van der Waals surface area (Å²) < 4.78 is 19.2. The molecule has 43 heavy (non-hydrogen) atoms. The van der Waals surface area contributed by atoms with Gasteiger partial charge in [0.1, 0.15) is 23.8 Å². The van der Waals surface area contributed by atoms with E-state index < -0.39 is 18.2 Å². The molecule has 0 aliphatic carbocycles. The highest BCUT2D eigenvalue weighted by Crippen LogP contribution is 2.23. The average Bonchev–Trinajstić information content (AvgIpc) is 2.98. The molecule has 1 heterocycles. The molecule has 0 aromatic heterocycles. The van der Waals surface area contributed by atoms with Gasteiger partial charge in [-0.1, -0.05) is 54.6 Å². The quantitative estimate of drug-likeness (QED) is 0.332. The molecule has 0 spiro atoms. The summed E-state index contributed by atoms with van der Waals surface area (Å²) in [5, 5.41) is 15.7. The number of aromatic hydroxyl groups is 1. The molecule has 3 aromatic rings. The Bertz CT molecular complexity index is 1390. The minimum atomic E-state index is -0.932. The number of hydrogen-bond acceptors (Lipinski definition) is 6. The number of hydrogen-bond donors (Lipinski definition) is 2. The molecular formula is C32H38FN5O5. The molecule has 10 nitrogen and oxygen atoms in total. The molecule has 1 fully saturated rings. The second kappa shape index (κ2) is 14.6. The summed E-state index contributed by atoms with van der Waals surface area (Å²) in [6.07, 6.45) is -0.599. The second-order valence-electron chi connectivity index (χ2n) is 10.6. The van der Waals surface area contributed by atoms with Gasteiger partial charge in [-0.05, 0) is 47.9 Å². The number of hydrazine groups is 1. The van der Waals surface area contributed by atoms with E-state index in [1.54, 1.807) is 50.3 Å². The minimum absolute atomic E-state index is 0.0875. The molecule has 0 saturated carbocycles. The number of amides is 4. The molecule has 0 unspecified atom stereocenters. The summed E-state index contributed by atoms with van der Waals surface area (Å²) in [5.74, 6) is -0.879. The number of benzene rings is 3. The van der Waals surface area contributed by atoms with Gasteiger partial charge in [-0.15, -0.1) is 0 Å². The Labute approximate surface area is 251 Å². The van der Waals surface area contributed by atoms with Gasteiger partial charge in [-0.25, -0.2) is 19.2 Å². The highest BCUT2D eigenvalue weighted by Gasteiger charge is 2.43. The van der Waals surface area contributed by atoms with Crippen molar-refractivity contribution in [3.8, 4) is 5.75 Å². The number of carbonyl (C=O) groups is 3. The predicted molar refractivity (Wildman–Crippen MR) is 159 cm³/mol. The van der Waals surface area contributed by atoms with Crippen LogP contribution in [-0.2, 0) is 33.9 Å². The fourth-order valence-electron chi connectivity index (χ4n) is 5.12. The standard InChI is InChI=1S/C32H38FN5O5/c1-23-37(30(40)21-36(3)38(23)32(42)34-20-25-8-5-4-6-9-25)29(19-24-12-14-28(39)15-13-24)31(41)35(2)16-17-43-22-26-10-7-11-27(33)18-26/h4-15,18,23,29,39H,16-17,19-22H2,1-3H3,(H,34,42)/t23-,29-/m0/s1. The minimum Gasteiger partial charge on any atom is -0.508 e. The zero-order valence-electron chi connectivity index (χ0n) is 24.6. The van der Waals surface area contributed by atoms with E-state index in [1.807, 2.05) is 30.3 Å². The lowest BCUT2D eigenvalue weighted by Gasteiger charge is -2.49. The highest BCUT2D eigenvalue weighted by molar-refractivity contribution is 5.90. The maximum absolute atomic E-state index is 13.9. The number of phenolic OH excluding ortho intramolecular Hbond substituents is 1. The van der Waals surface area contributed by atoms with Gasteiger partial charge in [0.05, 0.1) is 19.8 Å². The van der Waals surface area contributed by atoms with Crippen LogP contribution in [0.1, 0.15) is 23.6 Å². The smallest absolute Gasteiger partial charge is 0.334 e. The summed E-state index contributed by atoms with van der Waals surface area (Å²) in [4.78, 5) is 43.7. The van der Waals surface area contributed by atoms with Crippen molar-refractivity contribution >= 4 is 17.8 Å². The Morgan fingerprint density at radius 1 is 1.05 bits per heavy atom. The molecule has 0 radical (unpaired) electrons. The number of nitrogens with one attached hydrogen (secondary N) is 1. The molecule has 228 valence electrons. The summed E-state index contributed by atoms with van der Waals surface area (Å²) in [6.45, 7) is 2.55. The summed E-state index contributed by atoms with van der Waals surface area (Å²) in [7, 11) is 3.29. The maximum atomic E-state index is 13.9. The van der Waals surface area contributed by atoms with Gasteiger partial charge in [0.25, 0.3) is 0 Å². The first-order valence-electron chi connectivity index (χ1n) is 14.1. The van der Waals surface area contributed by atoms with Crippen molar-refractivity contribution in [2.75, 3.05) is 33.8 Å². The van der Waals surface area contributed by atoms with Crippen molar-refractivity contribution in [1.82, 2.24) is 25.1 Å². The van der Waals surface area contributed by atoms with Crippen LogP contribution < -0.4 is 5.32 Å². The van der Waals surface area contributed by atoms with Crippen LogP contribution >= 0.6 is 0 Å². The summed E-state index contributed by atoms with van der Waals surface area (Å²) in [6, 6.07) is 20.7. The topological polar surface area (TPSA) is 106 Å². The number of phenols is 1. The van der Waals surface area contributed by atoms with Crippen LogP contribution in [0.4, 0.5) is 9.18 Å². The van der Waals surface area contributed by atoms with Gasteiger partial charge in [0.2, 0.25) is 11.8 Å². The molecule has 1 aliphatic rings. The van der Waals surface area contributed by atoms with E-state index >= 15 is 0 Å². The number of nitrogens with zero attached hydrogens (tertiary/aromatic N) is 4. The van der Waals surface area contributed by atoms with Crippen molar-refractivity contribution in [2.24, 2.45) is 0 Å². The third-order valence-electron chi connectivity index (χ3n) is 7.36. The van der Waals surface area contributed by atoms with E-state index in [1.165, 1.54) is 39.1 Å². The molecule has 4 rings (SSSR count). The summed E-state index contributed by atoms with van der Waals surface area (Å²) >= 11 is 0. The zero-order chi connectivity index (χ0) is 30.9. The second-order valence-corrected chi connectivity index (χ2v) is 10.6. The number of halogens is 1. The predicted octanol–water partition coefficient (Wildman–Crippen LogP) is 3.36. The van der Waals surface area contributed by atoms with Crippen LogP contribution in [0.25, 0.3) is 0 Å². The molecule has 3 aromatic carbocycles. The molecule has 4 amide bonds. The first-order chi connectivity index (χ1) is 20.6. The third kappa shape index (κ3) is 8.30. The average molecular weight is 592 g/mol. The van der Waals surface area contributed by atoms with Crippen molar-refractivity contribution < 1.29 is 28.6 Å². The zero-order valence-corrected chi connectivity index (χ0v) is 24.6. The number of rotatable bonds is 11. The Kier molecular flexibility index (Phi) is 10.7. The SMILES string of the molecule is C[C@H]1N([C@@H](Cc2ccc(O)cc2)C(=O)N(C)CCOCc2cccc(F)c2)C(=O)CN(C)N1C(=O)NCc1ccccc1. The monoisotopic (exact) mass is 591 g/mol. The first kappa shape index (κ1) is 31.5. The van der Waals surface area contributed by atoms with E-state index in [0.717, 1.165) is 11.1 Å². The molecule has 2 N–H and O–H groups in total. The van der Waals surface area contributed by atoms with Crippen LogP contribution in [0.5, 0.6) is 5.75 Å². The van der Waals surface area contributed by atoms with Gasteiger partial charge >= 0.3 is 6.03 Å². The number of carbonyl (C=O) groups excluding carboxylic acids is 3. The highest BCUT2D eigenvalue weighted by atomic mass is 19.1. The number of urea groups is 1. The van der Waals surface area contributed by atoms with E-state index in [0.29, 0.717) is 12.1 Å². The molecule has 2 atom stereocenters. The third-order valence-corrected chi connectivity index (χ3v) is 7.36. The maximum Gasteiger partial charge on any atom is 0.334 e. The molecule has 0 bridgehead atoms. The molecule has 1 saturated heterocycles. The van der Waals surface area contributed by atoms with Gasteiger partial charge in [-0.3, -0.25) is 9.59 Å². The fraction of sp³-hybridized carbons (Fsp3) is 0.344. The lowest BCUT2D eigenvalue weighted by molar-refractivity contribution is -0.171. The van der Waals surface area contributed by atoms with Gasteiger partial charge in [-0.2, -0.15) is 0 Å². The summed E-state index contributed by atoms with van der Waals surface area (Å²) in [5.41, 5.74) is 2.35. The van der Waals surface area contributed by atoms with Gasteiger partial charge in [0, 0.05) is 33.6 Å². The van der Waals surface area contributed by atoms with Crippen molar-refractivity contribution in [3.63, 3.8) is 0 Å². The Hall–Kier alpha value is -4.48. The van der Waals surface area contributed by atoms with Crippen LogP contribution in [0.2, 0.25) is 0 Å². The normalized spacial score (nSPS) is 16.2. The van der Waals surface area contributed by atoms with Crippen molar-refractivity contribution in [1.29, 1.82) is 0 Å². The van der Waals surface area contributed by atoms with Crippen LogP contribution in [-0.4, -0.2) is 88.8 Å². The van der Waals surface area contributed by atoms with Crippen molar-refractivity contribution in [2.45, 2.75) is 38.7 Å². The van der Waals surface area contributed by atoms with E-state index in [-0.39, 0.29) is 56.1 Å². The first-order valence-corrected chi connectivity index (χ1v) is 14.1. The molecule has 1 aliphatic heterocycles. The van der Waals surface area contributed by atoms with Gasteiger partial charge < -0.3 is 25.0 Å². The van der Waals surface area contributed by atoms with Crippen molar-refractivity contribution in [3.05, 3.63) is 101 Å². The lowest BCUT2D eigenvalue weighted by Crippen LogP contribution is -2.70. The van der Waals surface area contributed by atoms with Crippen LogP contribution in [0, 0.1) is 5.82 Å². The molecular weight excluding hydrogens is 553 g/mol. The molecule has 11 heteroatoms. The van der Waals surface area contributed by atoms with E-state index in [4.69, 9.17) is 4.74 Å². The van der Waals surface area contributed by atoms with Crippen LogP contribution in [0.15, 0.2) is 78.9 Å². The van der Waals surface area contributed by atoms with E-state index in [9.17, 15) is 23.9 Å². The number of ether oxygens (including phenoxy) is 1.